The van der Waals surface area contributed by atoms with E-state index in [9.17, 15) is 14.4 Å². The van der Waals surface area contributed by atoms with Gasteiger partial charge in [-0.2, -0.15) is 0 Å². The molecule has 1 atom stereocenters. The molecule has 23 heavy (non-hydrogen) atoms. The van der Waals surface area contributed by atoms with Gasteiger partial charge >= 0.3 is 0 Å². The summed E-state index contributed by atoms with van der Waals surface area (Å²) in [5, 5.41) is 2.97. The Kier molecular flexibility index (Phi) is 4.36. The minimum Gasteiger partial charge on any atom is -0.365 e. The number of carbonyl (C=O) groups is 2. The Morgan fingerprint density at radius 3 is 2.83 bits per heavy atom. The number of H-pyrrole nitrogens is 1. The summed E-state index contributed by atoms with van der Waals surface area (Å²) in [7, 11) is 0. The van der Waals surface area contributed by atoms with Crippen LogP contribution in [0.4, 0.5) is 0 Å². The summed E-state index contributed by atoms with van der Waals surface area (Å²) in [4.78, 5) is 38.9. The van der Waals surface area contributed by atoms with Crippen LogP contribution in [0.15, 0.2) is 26.8 Å². The van der Waals surface area contributed by atoms with E-state index in [4.69, 9.17) is 5.73 Å². The highest BCUT2D eigenvalue weighted by molar-refractivity contribution is 9.11. The molecule has 0 spiro atoms. The van der Waals surface area contributed by atoms with Gasteiger partial charge in [0.2, 0.25) is 0 Å². The van der Waals surface area contributed by atoms with Crippen LogP contribution in [0.1, 0.15) is 50.2 Å². The zero-order chi connectivity index (χ0) is 16.6. The number of primary amides is 1. The van der Waals surface area contributed by atoms with Crippen molar-refractivity contribution >= 4 is 39.1 Å². The van der Waals surface area contributed by atoms with Crippen LogP contribution in [0.25, 0.3) is 0 Å². The third-order valence-electron chi connectivity index (χ3n) is 3.82. The van der Waals surface area contributed by atoms with Crippen molar-refractivity contribution < 1.29 is 9.59 Å². The van der Waals surface area contributed by atoms with Crippen LogP contribution in [-0.4, -0.2) is 16.8 Å². The van der Waals surface area contributed by atoms with Crippen LogP contribution in [-0.2, 0) is 6.42 Å². The molecule has 6 nitrogen and oxygen atoms in total. The van der Waals surface area contributed by atoms with Crippen molar-refractivity contribution in [1.82, 2.24) is 10.3 Å². The Hall–Kier alpha value is -1.93. The van der Waals surface area contributed by atoms with E-state index < -0.39 is 11.5 Å². The van der Waals surface area contributed by atoms with Crippen LogP contribution in [0.2, 0.25) is 0 Å². The van der Waals surface area contributed by atoms with Gasteiger partial charge in [0.1, 0.15) is 5.56 Å². The maximum Gasteiger partial charge on any atom is 0.261 e. The molecule has 2 heterocycles. The molecular formula is C15H14BrN3O3S. The zero-order valence-electron chi connectivity index (χ0n) is 12.0. The predicted molar refractivity (Wildman–Crippen MR) is 90.7 cm³/mol. The Morgan fingerprint density at radius 1 is 1.39 bits per heavy atom. The number of aromatic nitrogens is 1. The summed E-state index contributed by atoms with van der Waals surface area (Å²) >= 11 is 4.68. The molecule has 0 saturated heterocycles. The minimum absolute atomic E-state index is 0.0798. The summed E-state index contributed by atoms with van der Waals surface area (Å²) < 4.78 is 0.882. The zero-order valence-corrected chi connectivity index (χ0v) is 14.4. The maximum atomic E-state index is 12.3. The normalized spacial score (nSPS) is 16.7. The molecule has 0 fully saturated rings. The quantitative estimate of drug-likeness (QED) is 0.740. The van der Waals surface area contributed by atoms with Gasteiger partial charge in [-0.3, -0.25) is 14.4 Å². The van der Waals surface area contributed by atoms with Gasteiger partial charge in [0.05, 0.1) is 14.7 Å². The maximum absolute atomic E-state index is 12.3. The molecular weight excluding hydrogens is 382 g/mol. The van der Waals surface area contributed by atoms with E-state index in [1.165, 1.54) is 17.4 Å². The summed E-state index contributed by atoms with van der Waals surface area (Å²) in [5.74, 6) is -0.947. The van der Waals surface area contributed by atoms with Gasteiger partial charge in [-0.25, -0.2) is 0 Å². The second kappa shape index (κ2) is 6.29. The average Bonchev–Trinajstić information content (AvgIpc) is 2.93. The number of hydrogen-bond donors (Lipinski definition) is 3. The molecule has 1 aliphatic rings. The van der Waals surface area contributed by atoms with Crippen molar-refractivity contribution in [3.05, 3.63) is 54.0 Å². The number of carbonyl (C=O) groups excluding carboxylic acids is 2. The fourth-order valence-electron chi connectivity index (χ4n) is 2.74. The van der Waals surface area contributed by atoms with Crippen LogP contribution < -0.4 is 16.6 Å². The Labute approximate surface area is 144 Å². The SMILES string of the molecule is NC(=O)c1cc2c([nH]c1=O)CCCC2NC(=O)c1ccc(Br)s1. The van der Waals surface area contributed by atoms with E-state index in [0.29, 0.717) is 11.3 Å². The monoisotopic (exact) mass is 395 g/mol. The summed E-state index contributed by atoms with van der Waals surface area (Å²) in [6.45, 7) is 0. The minimum atomic E-state index is -0.771. The molecule has 2 aromatic rings. The second-order valence-corrected chi connectivity index (χ2v) is 7.80. The number of amides is 2. The summed E-state index contributed by atoms with van der Waals surface area (Å²) in [6.07, 6.45) is 2.30. The van der Waals surface area contributed by atoms with Gasteiger partial charge in [0.15, 0.2) is 0 Å². The first kappa shape index (κ1) is 15.9. The van der Waals surface area contributed by atoms with E-state index >= 15 is 0 Å². The van der Waals surface area contributed by atoms with Crippen molar-refractivity contribution in [2.45, 2.75) is 25.3 Å². The van der Waals surface area contributed by atoms with Crippen molar-refractivity contribution in [3.63, 3.8) is 0 Å². The van der Waals surface area contributed by atoms with Gasteiger partial charge in [-0.1, -0.05) is 0 Å². The molecule has 120 valence electrons. The highest BCUT2D eigenvalue weighted by atomic mass is 79.9. The van der Waals surface area contributed by atoms with Gasteiger partial charge in [0, 0.05) is 5.69 Å². The molecule has 1 aliphatic carbocycles. The molecule has 4 N–H and O–H groups in total. The Morgan fingerprint density at radius 2 is 2.17 bits per heavy atom. The van der Waals surface area contributed by atoms with Crippen molar-refractivity contribution in [2.75, 3.05) is 0 Å². The summed E-state index contributed by atoms with van der Waals surface area (Å²) in [5.41, 5.74) is 6.19. The molecule has 1 unspecified atom stereocenters. The molecule has 0 radical (unpaired) electrons. The molecule has 0 aliphatic heterocycles. The van der Waals surface area contributed by atoms with Crippen LogP contribution >= 0.6 is 27.3 Å². The predicted octanol–water partition coefficient (Wildman–Crippen LogP) is 2.11. The van der Waals surface area contributed by atoms with Crippen LogP contribution in [0.3, 0.4) is 0 Å². The molecule has 8 heteroatoms. The topological polar surface area (TPSA) is 105 Å². The molecule has 2 aromatic heterocycles. The van der Waals surface area contributed by atoms with Crippen LogP contribution in [0.5, 0.6) is 0 Å². The van der Waals surface area contributed by atoms with Gasteiger partial charge < -0.3 is 16.0 Å². The number of aromatic amines is 1. The van der Waals surface area contributed by atoms with E-state index in [1.807, 2.05) is 6.07 Å². The Bertz CT molecular complexity index is 843. The van der Waals surface area contributed by atoms with E-state index in [-0.39, 0.29) is 17.5 Å². The lowest BCUT2D eigenvalue weighted by molar-refractivity contribution is 0.0936. The number of aryl methyl sites for hydroxylation is 1. The molecule has 3 rings (SSSR count). The lowest BCUT2D eigenvalue weighted by atomic mass is 9.90. The van der Waals surface area contributed by atoms with Gasteiger partial charge in [0.25, 0.3) is 17.4 Å². The highest BCUT2D eigenvalue weighted by Crippen LogP contribution is 2.29. The van der Waals surface area contributed by atoms with Crippen LogP contribution in [0, 0.1) is 0 Å². The van der Waals surface area contributed by atoms with Crippen molar-refractivity contribution in [2.24, 2.45) is 5.73 Å². The van der Waals surface area contributed by atoms with Gasteiger partial charge in [-0.15, -0.1) is 11.3 Å². The van der Waals surface area contributed by atoms with Crippen molar-refractivity contribution in [1.29, 1.82) is 0 Å². The first-order valence-electron chi connectivity index (χ1n) is 7.08. The fourth-order valence-corrected chi connectivity index (χ4v) is 4.03. The smallest absolute Gasteiger partial charge is 0.261 e. The number of nitrogens with two attached hydrogens (primary N) is 1. The average molecular weight is 396 g/mol. The number of nitrogens with one attached hydrogen (secondary N) is 2. The summed E-state index contributed by atoms with van der Waals surface area (Å²) in [6, 6.07) is 4.82. The third kappa shape index (κ3) is 3.23. The lowest BCUT2D eigenvalue weighted by Crippen LogP contribution is -2.33. The molecule has 0 bridgehead atoms. The van der Waals surface area contributed by atoms with Gasteiger partial charge in [-0.05, 0) is 59.0 Å². The second-order valence-electron chi connectivity index (χ2n) is 5.33. The first-order chi connectivity index (χ1) is 11.0. The number of thiophene rings is 1. The van der Waals surface area contributed by atoms with E-state index in [1.54, 1.807) is 6.07 Å². The third-order valence-corrected chi connectivity index (χ3v) is 5.44. The molecule has 0 saturated carbocycles. The molecule has 2 amide bonds. The molecule has 0 aromatic carbocycles. The number of halogens is 1. The number of rotatable bonds is 3. The standard InChI is InChI=1S/C15H14BrN3O3S/c16-12-5-4-11(23-12)15(22)19-10-3-1-2-9-7(10)6-8(13(17)20)14(21)18-9/h4-6,10H,1-3H2,(H2,17,20)(H,18,21)(H,19,22). The van der Waals surface area contributed by atoms with E-state index in [0.717, 1.165) is 27.9 Å². The lowest BCUT2D eigenvalue weighted by Gasteiger charge is -2.26. The number of pyridine rings is 1. The highest BCUT2D eigenvalue weighted by Gasteiger charge is 2.25. The fraction of sp³-hybridized carbons (Fsp3) is 0.267. The largest absolute Gasteiger partial charge is 0.365 e. The number of fused-ring (bicyclic) bond motifs is 1. The number of hydrogen-bond acceptors (Lipinski definition) is 4. The van der Waals surface area contributed by atoms with E-state index in [2.05, 4.69) is 26.2 Å². The Balaban J connectivity index is 1.91. The first-order valence-corrected chi connectivity index (χ1v) is 8.68. The van der Waals surface area contributed by atoms with Crippen molar-refractivity contribution in [3.8, 4) is 0 Å².